The number of aromatic nitrogens is 2. The molecule has 3 N–H and O–H groups in total. The molecule has 0 saturated carbocycles. The molecule has 0 aliphatic carbocycles. The van der Waals surface area contributed by atoms with Gasteiger partial charge in [0.05, 0.1) is 12.1 Å². The van der Waals surface area contributed by atoms with Crippen LogP contribution in [-0.4, -0.2) is 39.2 Å². The Morgan fingerprint density at radius 1 is 1.17 bits per heavy atom. The van der Waals surface area contributed by atoms with E-state index in [0.29, 0.717) is 5.52 Å². The lowest BCUT2D eigenvalue weighted by atomic mass is 10.0. The van der Waals surface area contributed by atoms with E-state index in [1.165, 1.54) is 0 Å². The Morgan fingerprint density at radius 2 is 2.04 bits per heavy atom. The smallest absolute Gasteiger partial charge is 0.269 e. The van der Waals surface area contributed by atoms with E-state index in [9.17, 15) is 9.90 Å². The van der Waals surface area contributed by atoms with E-state index in [1.807, 2.05) is 6.07 Å². The molecule has 0 fully saturated rings. The number of fused-ring (bicyclic) bond motifs is 1. The molecular formula is C17H15N3O3. The number of aromatic hydroxyl groups is 1. The quantitative estimate of drug-likeness (QED) is 0.682. The number of phenolic OH excluding ortho intramolecular Hbond substituents is 1. The topological polar surface area (TPSA) is 95.3 Å². The molecule has 3 aromatic rings. The van der Waals surface area contributed by atoms with Crippen molar-refractivity contribution in [2.75, 3.05) is 13.2 Å². The maximum atomic E-state index is 12.0. The molecule has 3 rings (SSSR count). The molecule has 2 heterocycles. The van der Waals surface area contributed by atoms with Gasteiger partial charge < -0.3 is 15.5 Å². The molecule has 0 spiro atoms. The molecule has 0 saturated heterocycles. The maximum Gasteiger partial charge on any atom is 0.269 e. The molecule has 0 aliphatic rings. The molecule has 6 heteroatoms. The first-order chi connectivity index (χ1) is 11.2. The number of amides is 1. The Labute approximate surface area is 132 Å². The largest absolute Gasteiger partial charge is 0.508 e. The van der Waals surface area contributed by atoms with Crippen LogP contribution in [0.2, 0.25) is 0 Å². The summed E-state index contributed by atoms with van der Waals surface area (Å²) in [6.07, 6.45) is 3.32. The van der Waals surface area contributed by atoms with Gasteiger partial charge in [-0.15, -0.1) is 0 Å². The van der Waals surface area contributed by atoms with Crippen molar-refractivity contribution < 1.29 is 15.0 Å². The zero-order valence-electron chi connectivity index (χ0n) is 12.2. The summed E-state index contributed by atoms with van der Waals surface area (Å²) in [5.41, 5.74) is 2.39. The van der Waals surface area contributed by atoms with Crippen molar-refractivity contribution in [3.63, 3.8) is 0 Å². The van der Waals surface area contributed by atoms with Crippen LogP contribution in [0.1, 0.15) is 10.5 Å². The lowest BCUT2D eigenvalue weighted by molar-refractivity contribution is 0.0940. The summed E-state index contributed by atoms with van der Waals surface area (Å²) in [5, 5.41) is 21.8. The highest BCUT2D eigenvalue weighted by molar-refractivity contribution is 5.98. The fourth-order valence-electron chi connectivity index (χ4n) is 2.31. The first-order valence-electron chi connectivity index (χ1n) is 7.12. The monoisotopic (exact) mass is 309 g/mol. The zero-order valence-corrected chi connectivity index (χ0v) is 12.2. The second-order valence-electron chi connectivity index (χ2n) is 4.99. The minimum Gasteiger partial charge on any atom is -0.508 e. The number of nitrogens with one attached hydrogen (secondary N) is 1. The molecule has 0 atom stereocenters. The molecule has 116 valence electrons. The Kier molecular flexibility index (Phi) is 4.16. The van der Waals surface area contributed by atoms with Gasteiger partial charge in [0.25, 0.3) is 5.91 Å². The number of hydrogen-bond donors (Lipinski definition) is 3. The zero-order chi connectivity index (χ0) is 16.2. The lowest BCUT2D eigenvalue weighted by Gasteiger charge is -2.08. The number of nitrogens with zero attached hydrogens (tertiary/aromatic N) is 2. The average Bonchev–Trinajstić information content (AvgIpc) is 2.58. The van der Waals surface area contributed by atoms with Gasteiger partial charge in [0.15, 0.2) is 0 Å². The van der Waals surface area contributed by atoms with Crippen molar-refractivity contribution in [3.05, 3.63) is 54.5 Å². The van der Waals surface area contributed by atoms with E-state index in [1.54, 1.807) is 42.7 Å². The minimum absolute atomic E-state index is 0.127. The first kappa shape index (κ1) is 14.9. The molecule has 0 unspecified atom stereocenters. The SMILES string of the molecule is O=C(NCCO)c1ccc2cncc(-c3cccc(O)c3)c2n1. The van der Waals surface area contributed by atoms with E-state index < -0.39 is 0 Å². The second-order valence-corrected chi connectivity index (χ2v) is 4.99. The predicted octanol–water partition coefficient (Wildman–Crippen LogP) is 1.72. The fourth-order valence-corrected chi connectivity index (χ4v) is 2.31. The van der Waals surface area contributed by atoms with Crippen LogP contribution in [0.3, 0.4) is 0 Å². The van der Waals surface area contributed by atoms with Crippen LogP contribution in [-0.2, 0) is 0 Å². The van der Waals surface area contributed by atoms with Crippen LogP contribution in [0.15, 0.2) is 48.8 Å². The summed E-state index contributed by atoms with van der Waals surface area (Å²) in [5.74, 6) is -0.198. The third kappa shape index (κ3) is 3.12. The molecule has 23 heavy (non-hydrogen) atoms. The second kappa shape index (κ2) is 6.41. The number of rotatable bonds is 4. The number of pyridine rings is 2. The van der Waals surface area contributed by atoms with Crippen molar-refractivity contribution >= 4 is 16.8 Å². The Hall–Kier alpha value is -2.99. The minimum atomic E-state index is -0.348. The number of aliphatic hydroxyl groups excluding tert-OH is 1. The Bertz CT molecular complexity index is 865. The van der Waals surface area contributed by atoms with Crippen LogP contribution in [0.25, 0.3) is 22.0 Å². The lowest BCUT2D eigenvalue weighted by Crippen LogP contribution is -2.27. The van der Waals surface area contributed by atoms with Crippen LogP contribution >= 0.6 is 0 Å². The van der Waals surface area contributed by atoms with Crippen molar-refractivity contribution in [1.29, 1.82) is 0 Å². The Balaban J connectivity index is 2.10. The number of hydrogen-bond acceptors (Lipinski definition) is 5. The van der Waals surface area contributed by atoms with E-state index in [4.69, 9.17) is 5.11 Å². The van der Waals surface area contributed by atoms with Crippen LogP contribution in [0.4, 0.5) is 0 Å². The number of carbonyl (C=O) groups is 1. The molecule has 2 aromatic heterocycles. The highest BCUT2D eigenvalue weighted by Gasteiger charge is 2.11. The fraction of sp³-hybridized carbons (Fsp3) is 0.118. The summed E-state index contributed by atoms with van der Waals surface area (Å²) in [4.78, 5) is 20.6. The van der Waals surface area contributed by atoms with Crippen LogP contribution in [0.5, 0.6) is 5.75 Å². The molecule has 0 aliphatic heterocycles. The molecule has 0 bridgehead atoms. The van der Waals surface area contributed by atoms with Crippen molar-refractivity contribution in [3.8, 4) is 16.9 Å². The molecule has 6 nitrogen and oxygen atoms in total. The third-order valence-electron chi connectivity index (χ3n) is 3.39. The van der Waals surface area contributed by atoms with Gasteiger partial charge >= 0.3 is 0 Å². The molecule has 1 aromatic carbocycles. The van der Waals surface area contributed by atoms with E-state index in [-0.39, 0.29) is 30.5 Å². The van der Waals surface area contributed by atoms with Gasteiger partial charge in [0.2, 0.25) is 0 Å². The average molecular weight is 309 g/mol. The summed E-state index contributed by atoms with van der Waals surface area (Å²) in [7, 11) is 0. The highest BCUT2D eigenvalue weighted by Crippen LogP contribution is 2.28. The standard InChI is InChI=1S/C17H15N3O3/c21-7-6-19-17(23)15-5-4-12-9-18-10-14(16(12)20-15)11-2-1-3-13(22)8-11/h1-5,8-10,21-22H,6-7H2,(H,19,23). The summed E-state index contributed by atoms with van der Waals surface area (Å²) < 4.78 is 0. The summed E-state index contributed by atoms with van der Waals surface area (Å²) in [6.45, 7) is 0.0477. The summed E-state index contributed by atoms with van der Waals surface area (Å²) in [6, 6.07) is 10.2. The van der Waals surface area contributed by atoms with Gasteiger partial charge in [-0.05, 0) is 29.8 Å². The Morgan fingerprint density at radius 3 is 2.83 bits per heavy atom. The molecule has 0 radical (unpaired) electrons. The van der Waals surface area contributed by atoms with Crippen molar-refractivity contribution in [1.82, 2.24) is 15.3 Å². The van der Waals surface area contributed by atoms with Gasteiger partial charge in [-0.3, -0.25) is 9.78 Å². The van der Waals surface area contributed by atoms with Gasteiger partial charge in [-0.1, -0.05) is 12.1 Å². The van der Waals surface area contributed by atoms with Crippen molar-refractivity contribution in [2.24, 2.45) is 0 Å². The van der Waals surface area contributed by atoms with Crippen molar-refractivity contribution in [2.45, 2.75) is 0 Å². The van der Waals surface area contributed by atoms with Crippen LogP contribution < -0.4 is 5.32 Å². The van der Waals surface area contributed by atoms with E-state index in [0.717, 1.165) is 16.5 Å². The number of aliphatic hydroxyl groups is 1. The first-order valence-corrected chi connectivity index (χ1v) is 7.12. The van der Waals surface area contributed by atoms with Crippen LogP contribution in [0, 0.1) is 0 Å². The van der Waals surface area contributed by atoms with E-state index in [2.05, 4.69) is 15.3 Å². The van der Waals surface area contributed by atoms with Gasteiger partial charge in [0, 0.05) is 29.9 Å². The van der Waals surface area contributed by atoms with Gasteiger partial charge in [-0.25, -0.2) is 4.98 Å². The highest BCUT2D eigenvalue weighted by atomic mass is 16.3. The molecular weight excluding hydrogens is 294 g/mol. The normalized spacial score (nSPS) is 10.7. The predicted molar refractivity (Wildman–Crippen MR) is 86.1 cm³/mol. The third-order valence-corrected chi connectivity index (χ3v) is 3.39. The maximum absolute atomic E-state index is 12.0. The number of phenols is 1. The number of carbonyl (C=O) groups excluding carboxylic acids is 1. The van der Waals surface area contributed by atoms with Gasteiger partial charge in [-0.2, -0.15) is 0 Å². The van der Waals surface area contributed by atoms with E-state index >= 15 is 0 Å². The molecule has 1 amide bonds. The number of benzene rings is 1. The van der Waals surface area contributed by atoms with Gasteiger partial charge in [0.1, 0.15) is 11.4 Å². The summed E-state index contributed by atoms with van der Waals surface area (Å²) >= 11 is 0.